The normalized spacial score (nSPS) is 33.6. The van der Waals surface area contributed by atoms with E-state index >= 15 is 0 Å². The number of nitrogens with zero attached hydrogens (tertiary/aromatic N) is 2. The number of carboxylic acids is 1. The highest BCUT2D eigenvalue weighted by Gasteiger charge is 2.49. The first kappa shape index (κ1) is 11.6. The molecule has 3 rings (SSSR count). The summed E-state index contributed by atoms with van der Waals surface area (Å²) in [5.41, 5.74) is 0. The molecule has 1 aromatic heterocycles. The van der Waals surface area contributed by atoms with Crippen LogP contribution in [0.25, 0.3) is 0 Å². The van der Waals surface area contributed by atoms with Crippen LogP contribution < -0.4 is 0 Å². The molecule has 1 N–H and O–H groups in total. The van der Waals surface area contributed by atoms with Gasteiger partial charge in [-0.25, -0.2) is 8.78 Å². The van der Waals surface area contributed by atoms with Crippen molar-refractivity contribution < 1.29 is 23.2 Å². The van der Waals surface area contributed by atoms with E-state index in [1.165, 1.54) is 0 Å². The predicted octanol–water partition coefficient (Wildman–Crippen LogP) is 2.16. The average Bonchev–Trinajstić information content (AvgIpc) is 2.80. The van der Waals surface area contributed by atoms with Gasteiger partial charge < -0.3 is 9.63 Å². The van der Waals surface area contributed by atoms with Gasteiger partial charge in [0.1, 0.15) is 0 Å². The summed E-state index contributed by atoms with van der Waals surface area (Å²) in [7, 11) is 0. The third-order valence-corrected chi connectivity index (χ3v) is 3.65. The number of alkyl halides is 2. The van der Waals surface area contributed by atoms with E-state index in [2.05, 4.69) is 10.1 Å². The molecule has 5 nitrogen and oxygen atoms in total. The smallest absolute Gasteiger partial charge is 0.307 e. The van der Waals surface area contributed by atoms with Gasteiger partial charge in [0.2, 0.25) is 11.8 Å². The Morgan fingerprint density at radius 2 is 2.28 bits per heavy atom. The van der Waals surface area contributed by atoms with Crippen LogP contribution in [0.1, 0.15) is 49.2 Å². The molecule has 3 atom stereocenters. The number of aliphatic carboxylic acids is 1. The van der Waals surface area contributed by atoms with Crippen LogP contribution in [0.3, 0.4) is 0 Å². The molecule has 7 heteroatoms. The molecule has 2 aliphatic rings. The van der Waals surface area contributed by atoms with Gasteiger partial charge in [0.05, 0.1) is 11.8 Å². The molecule has 0 aromatic carbocycles. The largest absolute Gasteiger partial charge is 0.481 e. The minimum atomic E-state index is -2.64. The Labute approximate surface area is 101 Å². The maximum absolute atomic E-state index is 13.1. The van der Waals surface area contributed by atoms with Crippen LogP contribution in [0.2, 0.25) is 0 Å². The Hall–Kier alpha value is -1.53. The average molecular weight is 258 g/mol. The number of hydrogen-bond donors (Lipinski definition) is 1. The molecule has 2 aliphatic carbocycles. The van der Waals surface area contributed by atoms with Crippen molar-refractivity contribution in [1.82, 2.24) is 10.1 Å². The number of hydrogen-bond acceptors (Lipinski definition) is 4. The molecular weight excluding hydrogens is 246 g/mol. The minimum Gasteiger partial charge on any atom is -0.481 e. The molecule has 1 heterocycles. The zero-order valence-corrected chi connectivity index (χ0v) is 9.47. The van der Waals surface area contributed by atoms with Gasteiger partial charge in [0.15, 0.2) is 5.82 Å². The van der Waals surface area contributed by atoms with Crippen molar-refractivity contribution in [2.75, 3.05) is 0 Å². The standard InChI is InChI=1S/C11H12F2N2O3/c12-11(13)2-1-5(4-11)8-14-9(18-15-8)6-3-7(6)10(16)17/h5-7H,1-4H2,(H,16,17). The number of halogens is 2. The molecule has 0 aliphatic heterocycles. The second-order valence-corrected chi connectivity index (χ2v) is 5.07. The van der Waals surface area contributed by atoms with Gasteiger partial charge in [-0.2, -0.15) is 4.98 Å². The molecule has 0 spiro atoms. The van der Waals surface area contributed by atoms with E-state index in [0.29, 0.717) is 18.7 Å². The Morgan fingerprint density at radius 3 is 2.83 bits per heavy atom. The highest BCUT2D eigenvalue weighted by atomic mass is 19.3. The third kappa shape index (κ3) is 1.97. The van der Waals surface area contributed by atoms with Gasteiger partial charge in [-0.05, 0) is 12.8 Å². The van der Waals surface area contributed by atoms with Gasteiger partial charge >= 0.3 is 5.97 Å². The predicted molar refractivity (Wildman–Crippen MR) is 54.3 cm³/mol. The number of carbonyl (C=O) groups is 1. The maximum atomic E-state index is 13.1. The van der Waals surface area contributed by atoms with E-state index in [9.17, 15) is 13.6 Å². The molecule has 2 fully saturated rings. The Kier molecular flexibility index (Phi) is 2.39. The summed E-state index contributed by atoms with van der Waals surface area (Å²) in [5.74, 6) is -4.05. The fourth-order valence-electron chi connectivity index (χ4n) is 2.47. The van der Waals surface area contributed by atoms with Crippen molar-refractivity contribution in [3.8, 4) is 0 Å². The summed E-state index contributed by atoms with van der Waals surface area (Å²) >= 11 is 0. The molecular formula is C11H12F2N2O3. The zero-order valence-electron chi connectivity index (χ0n) is 9.47. The van der Waals surface area contributed by atoms with Crippen molar-refractivity contribution in [2.45, 2.75) is 43.4 Å². The number of rotatable bonds is 3. The monoisotopic (exact) mass is 258 g/mol. The van der Waals surface area contributed by atoms with E-state index in [0.717, 1.165) is 0 Å². The lowest BCUT2D eigenvalue weighted by atomic mass is 10.1. The Balaban J connectivity index is 1.70. The first-order valence-electron chi connectivity index (χ1n) is 5.90. The highest BCUT2D eigenvalue weighted by Crippen LogP contribution is 2.48. The fourth-order valence-corrected chi connectivity index (χ4v) is 2.47. The Bertz CT molecular complexity index is 488. The van der Waals surface area contributed by atoms with Gasteiger partial charge in [0, 0.05) is 18.8 Å². The van der Waals surface area contributed by atoms with Crippen molar-refractivity contribution in [3.05, 3.63) is 11.7 Å². The highest BCUT2D eigenvalue weighted by molar-refractivity contribution is 5.74. The molecule has 2 saturated carbocycles. The van der Waals surface area contributed by atoms with Crippen molar-refractivity contribution in [1.29, 1.82) is 0 Å². The third-order valence-electron chi connectivity index (χ3n) is 3.65. The van der Waals surface area contributed by atoms with E-state index < -0.39 is 17.8 Å². The lowest BCUT2D eigenvalue weighted by Gasteiger charge is -2.06. The molecule has 0 saturated heterocycles. The second-order valence-electron chi connectivity index (χ2n) is 5.07. The van der Waals surface area contributed by atoms with Crippen molar-refractivity contribution >= 4 is 5.97 Å². The summed E-state index contributed by atoms with van der Waals surface area (Å²) in [6, 6.07) is 0. The van der Waals surface area contributed by atoms with Gasteiger partial charge in [0.25, 0.3) is 0 Å². The molecule has 0 amide bonds. The SMILES string of the molecule is O=C(O)C1CC1c1nc(C2CCC(F)(F)C2)no1. The summed E-state index contributed by atoms with van der Waals surface area (Å²) in [5, 5.41) is 12.5. The van der Waals surface area contributed by atoms with Crippen LogP contribution in [0.5, 0.6) is 0 Å². The van der Waals surface area contributed by atoms with Crippen molar-refractivity contribution in [2.24, 2.45) is 5.92 Å². The van der Waals surface area contributed by atoms with E-state index in [4.69, 9.17) is 9.63 Å². The van der Waals surface area contributed by atoms with Crippen LogP contribution in [0.15, 0.2) is 4.52 Å². The second kappa shape index (κ2) is 3.73. The summed E-state index contributed by atoms with van der Waals surface area (Å²) in [4.78, 5) is 14.8. The molecule has 0 bridgehead atoms. The number of aromatic nitrogens is 2. The maximum Gasteiger partial charge on any atom is 0.307 e. The zero-order chi connectivity index (χ0) is 12.9. The van der Waals surface area contributed by atoms with Gasteiger partial charge in [-0.1, -0.05) is 5.16 Å². The summed E-state index contributed by atoms with van der Waals surface area (Å²) in [6.45, 7) is 0. The fraction of sp³-hybridized carbons (Fsp3) is 0.727. The molecule has 18 heavy (non-hydrogen) atoms. The quantitative estimate of drug-likeness (QED) is 0.899. The van der Waals surface area contributed by atoms with Crippen LogP contribution in [0.4, 0.5) is 8.78 Å². The topological polar surface area (TPSA) is 76.2 Å². The van der Waals surface area contributed by atoms with Crippen LogP contribution in [-0.2, 0) is 4.79 Å². The summed E-state index contributed by atoms with van der Waals surface area (Å²) < 4.78 is 31.1. The lowest BCUT2D eigenvalue weighted by Crippen LogP contribution is -2.09. The lowest BCUT2D eigenvalue weighted by molar-refractivity contribution is -0.138. The van der Waals surface area contributed by atoms with Crippen LogP contribution in [-0.4, -0.2) is 27.1 Å². The molecule has 3 unspecified atom stereocenters. The first-order chi connectivity index (χ1) is 8.46. The van der Waals surface area contributed by atoms with Crippen molar-refractivity contribution in [3.63, 3.8) is 0 Å². The van der Waals surface area contributed by atoms with E-state index in [1.54, 1.807) is 0 Å². The summed E-state index contributed by atoms with van der Waals surface area (Å²) in [6.07, 6.45) is 0.429. The van der Waals surface area contributed by atoms with E-state index in [1.807, 2.05) is 0 Å². The first-order valence-corrected chi connectivity index (χ1v) is 5.90. The molecule has 1 aromatic rings. The van der Waals surface area contributed by atoms with Crippen LogP contribution in [0, 0.1) is 5.92 Å². The van der Waals surface area contributed by atoms with Crippen LogP contribution >= 0.6 is 0 Å². The van der Waals surface area contributed by atoms with E-state index in [-0.39, 0.29) is 30.6 Å². The number of carboxylic acid groups (broad SMARTS) is 1. The molecule has 98 valence electrons. The minimum absolute atomic E-state index is 0.150. The molecule has 0 radical (unpaired) electrons. The van der Waals surface area contributed by atoms with Gasteiger partial charge in [-0.15, -0.1) is 0 Å². The Morgan fingerprint density at radius 1 is 1.50 bits per heavy atom. The van der Waals surface area contributed by atoms with Gasteiger partial charge in [-0.3, -0.25) is 4.79 Å².